The first-order chi connectivity index (χ1) is 9.36. The van der Waals surface area contributed by atoms with Gasteiger partial charge in [-0.05, 0) is 23.7 Å². The molecule has 0 saturated heterocycles. The van der Waals surface area contributed by atoms with Crippen LogP contribution in [0.5, 0.6) is 0 Å². The highest BCUT2D eigenvalue weighted by Crippen LogP contribution is 2.19. The fraction of sp³-hybridized carbons (Fsp3) is 0.467. The van der Waals surface area contributed by atoms with E-state index in [9.17, 15) is 4.79 Å². The Bertz CT molecular complexity index is 534. The van der Waals surface area contributed by atoms with Gasteiger partial charge < -0.3 is 5.73 Å². The van der Waals surface area contributed by atoms with E-state index in [1.165, 1.54) is 5.56 Å². The third-order valence-corrected chi connectivity index (χ3v) is 3.86. The molecule has 4 nitrogen and oxygen atoms in total. The zero-order chi connectivity index (χ0) is 14.9. The average Bonchev–Trinajstić information content (AvgIpc) is 2.32. The second kappa shape index (κ2) is 5.92. The summed E-state index contributed by atoms with van der Waals surface area (Å²) in [6.07, 6.45) is 0.442. The molecule has 1 aromatic carbocycles. The van der Waals surface area contributed by atoms with Gasteiger partial charge in [0, 0.05) is 0 Å². The maximum Gasteiger partial charge on any atom is 0.231 e. The van der Waals surface area contributed by atoms with Gasteiger partial charge in [-0.1, -0.05) is 37.6 Å². The summed E-state index contributed by atoms with van der Waals surface area (Å²) in [5, 5.41) is 1.11. The summed E-state index contributed by atoms with van der Waals surface area (Å²) in [6, 6.07) is 6.21. The van der Waals surface area contributed by atoms with Crippen LogP contribution < -0.4 is 11.0 Å². The maximum absolute atomic E-state index is 12.3. The highest BCUT2D eigenvalue weighted by molar-refractivity contribution is 7.27. The maximum atomic E-state index is 12.3. The monoisotopic (exact) mass is 291 g/mol. The van der Waals surface area contributed by atoms with Crippen molar-refractivity contribution in [1.29, 1.82) is 0 Å². The summed E-state index contributed by atoms with van der Waals surface area (Å²) in [5.41, 5.74) is 8.22. The van der Waals surface area contributed by atoms with E-state index < -0.39 is 0 Å². The summed E-state index contributed by atoms with van der Waals surface area (Å²) in [4.78, 5) is 18.3. The molecule has 0 aromatic heterocycles. The molecule has 20 heavy (non-hydrogen) atoms. The van der Waals surface area contributed by atoms with Crippen LogP contribution in [-0.4, -0.2) is 22.8 Å². The van der Waals surface area contributed by atoms with Crippen molar-refractivity contribution in [2.75, 3.05) is 0 Å². The van der Waals surface area contributed by atoms with Crippen LogP contribution in [-0.2, 0) is 11.3 Å². The SMILES string of the molecule is Cc1cc(P)cc(CN2C(=O)CC(C(C)C)N=C2N)c1. The van der Waals surface area contributed by atoms with Crippen LogP contribution in [0.4, 0.5) is 0 Å². The highest BCUT2D eigenvalue weighted by atomic mass is 31.0. The van der Waals surface area contributed by atoms with Crippen LogP contribution in [0.1, 0.15) is 31.4 Å². The number of guanidine groups is 1. The lowest BCUT2D eigenvalue weighted by Gasteiger charge is -2.30. The zero-order valence-electron chi connectivity index (χ0n) is 12.3. The summed E-state index contributed by atoms with van der Waals surface area (Å²) in [6.45, 7) is 6.65. The van der Waals surface area contributed by atoms with Crippen LogP contribution >= 0.6 is 9.24 Å². The third-order valence-electron chi connectivity index (χ3n) is 3.53. The molecule has 108 valence electrons. The average molecular weight is 291 g/mol. The van der Waals surface area contributed by atoms with E-state index in [2.05, 4.69) is 40.2 Å². The van der Waals surface area contributed by atoms with Gasteiger partial charge in [0.2, 0.25) is 5.91 Å². The van der Waals surface area contributed by atoms with Crippen molar-refractivity contribution in [3.05, 3.63) is 29.3 Å². The molecule has 1 amide bonds. The van der Waals surface area contributed by atoms with Crippen LogP contribution in [0.15, 0.2) is 23.2 Å². The molecule has 0 radical (unpaired) electrons. The minimum atomic E-state index is 0.00792. The third kappa shape index (κ3) is 3.37. The number of nitrogens with two attached hydrogens (primary N) is 1. The van der Waals surface area contributed by atoms with Gasteiger partial charge in [-0.2, -0.15) is 0 Å². The Labute approximate surface area is 122 Å². The Morgan fingerprint density at radius 3 is 2.70 bits per heavy atom. The number of aliphatic imine (C=N–C) groups is 1. The first kappa shape index (κ1) is 15.0. The van der Waals surface area contributed by atoms with Crippen LogP contribution in [0, 0.1) is 12.8 Å². The van der Waals surface area contributed by atoms with Crippen molar-refractivity contribution >= 4 is 26.4 Å². The van der Waals surface area contributed by atoms with Gasteiger partial charge >= 0.3 is 0 Å². The predicted octanol–water partition coefficient (Wildman–Crippen LogP) is 1.57. The quantitative estimate of drug-likeness (QED) is 0.859. The molecule has 2 N–H and O–H groups in total. The van der Waals surface area contributed by atoms with Crippen LogP contribution in [0.2, 0.25) is 0 Å². The number of hydrogen-bond acceptors (Lipinski definition) is 3. The zero-order valence-corrected chi connectivity index (χ0v) is 13.4. The minimum Gasteiger partial charge on any atom is -0.369 e. The first-order valence-corrected chi connectivity index (χ1v) is 7.44. The van der Waals surface area contributed by atoms with Gasteiger partial charge in [-0.25, -0.2) is 4.99 Å². The van der Waals surface area contributed by atoms with E-state index in [-0.39, 0.29) is 11.9 Å². The summed E-state index contributed by atoms with van der Waals surface area (Å²) in [5.74, 6) is 0.729. The van der Waals surface area contributed by atoms with Gasteiger partial charge in [0.05, 0.1) is 19.0 Å². The number of benzene rings is 1. The number of amides is 1. The number of carbonyl (C=O) groups is 1. The minimum absolute atomic E-state index is 0.00792. The van der Waals surface area contributed by atoms with E-state index in [1.807, 2.05) is 13.0 Å². The van der Waals surface area contributed by atoms with Gasteiger partial charge in [0.15, 0.2) is 5.96 Å². The van der Waals surface area contributed by atoms with Crippen molar-refractivity contribution < 1.29 is 4.79 Å². The van der Waals surface area contributed by atoms with Crippen molar-refractivity contribution in [3.63, 3.8) is 0 Å². The molecular weight excluding hydrogens is 269 g/mol. The lowest BCUT2D eigenvalue weighted by molar-refractivity contribution is -0.129. The predicted molar refractivity (Wildman–Crippen MR) is 85.9 cm³/mol. The van der Waals surface area contributed by atoms with Gasteiger partial charge in [0.25, 0.3) is 0 Å². The second-order valence-electron chi connectivity index (χ2n) is 5.73. The Morgan fingerprint density at radius 1 is 1.45 bits per heavy atom. The molecule has 0 aliphatic carbocycles. The topological polar surface area (TPSA) is 58.7 Å². The largest absolute Gasteiger partial charge is 0.369 e. The van der Waals surface area contributed by atoms with Crippen molar-refractivity contribution in [1.82, 2.24) is 4.90 Å². The number of carbonyl (C=O) groups excluding carboxylic acids is 1. The number of nitrogens with zero attached hydrogens (tertiary/aromatic N) is 2. The van der Waals surface area contributed by atoms with E-state index >= 15 is 0 Å². The van der Waals surface area contributed by atoms with E-state index in [4.69, 9.17) is 5.73 Å². The standard InChI is InChI=1S/C15H22N3OP/c1-9(2)13-7-14(19)18(15(16)17-13)8-11-4-10(3)5-12(20)6-11/h4-6,9,13H,7-8,20H2,1-3H3,(H2,16,17). The molecule has 2 atom stereocenters. The van der Waals surface area contributed by atoms with Crippen LogP contribution in [0.25, 0.3) is 0 Å². The van der Waals surface area contributed by atoms with Gasteiger partial charge in [-0.15, -0.1) is 9.24 Å². The molecule has 2 unspecified atom stereocenters. The van der Waals surface area contributed by atoms with Crippen molar-refractivity contribution in [3.8, 4) is 0 Å². The highest BCUT2D eigenvalue weighted by Gasteiger charge is 2.28. The Hall–Kier alpha value is -1.41. The van der Waals surface area contributed by atoms with Gasteiger partial charge in [0.1, 0.15) is 0 Å². The molecule has 0 saturated carbocycles. The summed E-state index contributed by atoms with van der Waals surface area (Å²) < 4.78 is 0. The number of rotatable bonds is 3. The smallest absolute Gasteiger partial charge is 0.231 e. The number of hydrogen-bond donors (Lipinski definition) is 1. The summed E-state index contributed by atoms with van der Waals surface area (Å²) in [7, 11) is 2.69. The Morgan fingerprint density at radius 2 is 2.15 bits per heavy atom. The fourth-order valence-electron chi connectivity index (χ4n) is 2.42. The lowest BCUT2D eigenvalue weighted by Crippen LogP contribution is -2.47. The Kier molecular flexibility index (Phi) is 4.44. The Balaban J connectivity index is 2.21. The van der Waals surface area contributed by atoms with Gasteiger partial charge in [-0.3, -0.25) is 9.69 Å². The van der Waals surface area contributed by atoms with E-state index in [0.717, 1.165) is 10.9 Å². The molecule has 0 spiro atoms. The molecule has 1 aliphatic rings. The molecule has 1 aliphatic heterocycles. The second-order valence-corrected chi connectivity index (χ2v) is 6.40. The fourth-order valence-corrected chi connectivity index (χ4v) is 2.90. The van der Waals surface area contributed by atoms with E-state index in [1.54, 1.807) is 4.90 Å². The van der Waals surface area contributed by atoms with Crippen molar-refractivity contribution in [2.45, 2.75) is 39.8 Å². The molecule has 2 rings (SSSR count). The molecule has 5 heteroatoms. The normalized spacial score (nSPS) is 19.4. The summed E-state index contributed by atoms with van der Waals surface area (Å²) >= 11 is 0. The first-order valence-electron chi connectivity index (χ1n) is 6.86. The molecule has 0 fully saturated rings. The van der Waals surface area contributed by atoms with Crippen molar-refractivity contribution in [2.24, 2.45) is 16.6 Å². The lowest BCUT2D eigenvalue weighted by atomic mass is 9.99. The molecular formula is C15H22N3OP. The molecule has 0 bridgehead atoms. The molecule has 1 heterocycles. The van der Waals surface area contributed by atoms with E-state index in [0.29, 0.717) is 24.8 Å². The molecule has 1 aromatic rings. The van der Waals surface area contributed by atoms with Crippen LogP contribution in [0.3, 0.4) is 0 Å². The number of aryl methyl sites for hydroxylation is 1.